The minimum absolute atomic E-state index is 0.0288. The molecule has 0 aliphatic carbocycles. The molecule has 2 N–H and O–H groups in total. The summed E-state index contributed by atoms with van der Waals surface area (Å²) in [6, 6.07) is 4.23. The van der Waals surface area contributed by atoms with Crippen LogP contribution in [0.2, 0.25) is 0 Å². The minimum atomic E-state index is -4.36. The highest BCUT2D eigenvalue weighted by atomic mass is 19.4. The van der Waals surface area contributed by atoms with E-state index in [9.17, 15) is 18.0 Å². The van der Waals surface area contributed by atoms with Gasteiger partial charge in [-0.25, -0.2) is 0 Å². The van der Waals surface area contributed by atoms with Crippen LogP contribution < -0.4 is 10.5 Å². The summed E-state index contributed by atoms with van der Waals surface area (Å²) in [7, 11) is 0. The normalized spacial score (nSPS) is 11.2. The summed E-state index contributed by atoms with van der Waals surface area (Å²) in [5.41, 5.74) is 4.13. The van der Waals surface area contributed by atoms with Gasteiger partial charge in [0.15, 0.2) is 0 Å². The SMILES string of the molecule is NC(=O)CCOc1ccc(C(F)(F)F)cc1. The number of ether oxygens (including phenoxy) is 1. The molecule has 0 aliphatic rings. The molecular formula is C10H10F3NO2. The van der Waals surface area contributed by atoms with Crippen LogP contribution >= 0.6 is 0 Å². The highest BCUT2D eigenvalue weighted by Crippen LogP contribution is 2.30. The molecule has 0 radical (unpaired) electrons. The molecule has 1 aromatic rings. The topological polar surface area (TPSA) is 52.3 Å². The number of alkyl halides is 3. The zero-order valence-corrected chi connectivity index (χ0v) is 8.25. The summed E-state index contributed by atoms with van der Waals surface area (Å²) in [6.45, 7) is 0.0562. The number of carbonyl (C=O) groups is 1. The molecule has 0 saturated carbocycles. The van der Waals surface area contributed by atoms with Crippen LogP contribution in [-0.4, -0.2) is 12.5 Å². The van der Waals surface area contributed by atoms with Crippen LogP contribution in [0.4, 0.5) is 13.2 Å². The number of hydrogen-bond donors (Lipinski definition) is 1. The second-order valence-electron chi connectivity index (χ2n) is 3.09. The van der Waals surface area contributed by atoms with Crippen LogP contribution in [0.1, 0.15) is 12.0 Å². The number of rotatable bonds is 4. The van der Waals surface area contributed by atoms with Gasteiger partial charge in [-0.15, -0.1) is 0 Å². The van der Waals surface area contributed by atoms with Crippen molar-refractivity contribution in [3.05, 3.63) is 29.8 Å². The van der Waals surface area contributed by atoms with Gasteiger partial charge in [-0.05, 0) is 24.3 Å². The lowest BCUT2D eigenvalue weighted by Gasteiger charge is -2.08. The van der Waals surface area contributed by atoms with E-state index < -0.39 is 17.6 Å². The van der Waals surface area contributed by atoms with E-state index >= 15 is 0 Å². The Labute approximate surface area is 90.0 Å². The molecule has 0 saturated heterocycles. The fourth-order valence-electron chi connectivity index (χ4n) is 1.01. The van der Waals surface area contributed by atoms with Crippen LogP contribution in [0.25, 0.3) is 0 Å². The predicted molar refractivity (Wildman–Crippen MR) is 50.8 cm³/mol. The molecule has 0 aliphatic heterocycles. The Morgan fingerprint density at radius 3 is 2.25 bits per heavy atom. The number of nitrogens with two attached hydrogens (primary N) is 1. The lowest BCUT2D eigenvalue weighted by atomic mass is 10.2. The molecule has 0 aromatic heterocycles. The first-order valence-electron chi connectivity index (χ1n) is 4.48. The Morgan fingerprint density at radius 1 is 1.25 bits per heavy atom. The van der Waals surface area contributed by atoms with Crippen LogP contribution in [-0.2, 0) is 11.0 Å². The molecule has 0 heterocycles. The monoisotopic (exact) mass is 233 g/mol. The Balaban J connectivity index is 2.55. The first-order valence-corrected chi connectivity index (χ1v) is 4.48. The summed E-state index contributed by atoms with van der Waals surface area (Å²) in [5, 5.41) is 0. The van der Waals surface area contributed by atoms with Crippen molar-refractivity contribution in [1.29, 1.82) is 0 Å². The summed E-state index contributed by atoms with van der Waals surface area (Å²) < 4.78 is 41.5. The standard InChI is InChI=1S/C10H10F3NO2/c11-10(12,13)7-1-3-8(4-2-7)16-6-5-9(14)15/h1-4H,5-6H2,(H2,14,15). The number of halogens is 3. The molecule has 0 fully saturated rings. The summed E-state index contributed by atoms with van der Waals surface area (Å²) >= 11 is 0. The molecule has 3 nitrogen and oxygen atoms in total. The van der Waals surface area contributed by atoms with Crippen LogP contribution in [0.3, 0.4) is 0 Å². The number of benzene rings is 1. The van der Waals surface area contributed by atoms with Gasteiger partial charge in [0.1, 0.15) is 5.75 Å². The van der Waals surface area contributed by atoms with Crippen molar-refractivity contribution in [1.82, 2.24) is 0 Å². The predicted octanol–water partition coefficient (Wildman–Crippen LogP) is 1.96. The smallest absolute Gasteiger partial charge is 0.416 e. The maximum absolute atomic E-state index is 12.2. The summed E-state index contributed by atoms with van der Waals surface area (Å²) in [6.07, 6.45) is -4.33. The minimum Gasteiger partial charge on any atom is -0.493 e. The number of amides is 1. The van der Waals surface area contributed by atoms with Gasteiger partial charge < -0.3 is 10.5 Å². The highest BCUT2D eigenvalue weighted by Gasteiger charge is 2.29. The molecule has 1 amide bonds. The summed E-state index contributed by atoms with van der Waals surface area (Å²) in [5.74, 6) is -0.249. The third kappa shape index (κ3) is 3.80. The van der Waals surface area contributed by atoms with E-state index in [-0.39, 0.29) is 18.8 Å². The molecule has 1 aromatic carbocycles. The first kappa shape index (κ1) is 12.4. The van der Waals surface area contributed by atoms with E-state index in [1.54, 1.807) is 0 Å². The largest absolute Gasteiger partial charge is 0.493 e. The molecule has 1 rings (SSSR count). The van der Waals surface area contributed by atoms with Crippen molar-refractivity contribution in [2.45, 2.75) is 12.6 Å². The lowest BCUT2D eigenvalue weighted by molar-refractivity contribution is -0.137. The fraction of sp³-hybridized carbons (Fsp3) is 0.300. The second-order valence-corrected chi connectivity index (χ2v) is 3.09. The van der Waals surface area contributed by atoms with E-state index in [2.05, 4.69) is 0 Å². The van der Waals surface area contributed by atoms with Gasteiger partial charge in [0.2, 0.25) is 5.91 Å². The van der Waals surface area contributed by atoms with E-state index in [0.717, 1.165) is 12.1 Å². The van der Waals surface area contributed by atoms with Crippen molar-refractivity contribution in [2.75, 3.05) is 6.61 Å². The average Bonchev–Trinajstić information content (AvgIpc) is 2.16. The van der Waals surface area contributed by atoms with Gasteiger partial charge in [0, 0.05) is 0 Å². The quantitative estimate of drug-likeness (QED) is 0.864. The van der Waals surface area contributed by atoms with Crippen molar-refractivity contribution in [3.63, 3.8) is 0 Å². The third-order valence-corrected chi connectivity index (χ3v) is 1.80. The first-order chi connectivity index (χ1) is 7.39. The van der Waals surface area contributed by atoms with Crippen molar-refractivity contribution >= 4 is 5.91 Å². The van der Waals surface area contributed by atoms with E-state index in [1.807, 2.05) is 0 Å². The molecule has 6 heteroatoms. The van der Waals surface area contributed by atoms with Gasteiger partial charge in [-0.3, -0.25) is 4.79 Å². The van der Waals surface area contributed by atoms with Gasteiger partial charge >= 0.3 is 6.18 Å². The van der Waals surface area contributed by atoms with Gasteiger partial charge in [0.25, 0.3) is 0 Å². The fourth-order valence-corrected chi connectivity index (χ4v) is 1.01. The lowest BCUT2D eigenvalue weighted by Crippen LogP contribution is -2.14. The maximum atomic E-state index is 12.2. The van der Waals surface area contributed by atoms with E-state index in [0.29, 0.717) is 0 Å². The average molecular weight is 233 g/mol. The molecule has 88 valence electrons. The van der Waals surface area contributed by atoms with Crippen LogP contribution in [0, 0.1) is 0 Å². The molecule has 0 bridgehead atoms. The molecule has 0 unspecified atom stereocenters. The van der Waals surface area contributed by atoms with Gasteiger partial charge in [0.05, 0.1) is 18.6 Å². The third-order valence-electron chi connectivity index (χ3n) is 1.80. The Bertz CT molecular complexity index is 359. The number of primary amides is 1. The van der Waals surface area contributed by atoms with Crippen molar-refractivity contribution in [2.24, 2.45) is 5.73 Å². The summed E-state index contributed by atoms with van der Waals surface area (Å²) in [4.78, 5) is 10.4. The van der Waals surface area contributed by atoms with Gasteiger partial charge in [-0.1, -0.05) is 0 Å². The van der Waals surface area contributed by atoms with Crippen LogP contribution in [0.15, 0.2) is 24.3 Å². The number of hydrogen-bond acceptors (Lipinski definition) is 2. The molecule has 0 atom stereocenters. The van der Waals surface area contributed by atoms with E-state index in [1.165, 1.54) is 12.1 Å². The highest BCUT2D eigenvalue weighted by molar-refractivity contribution is 5.73. The maximum Gasteiger partial charge on any atom is 0.416 e. The van der Waals surface area contributed by atoms with Gasteiger partial charge in [-0.2, -0.15) is 13.2 Å². The Morgan fingerprint density at radius 2 is 1.81 bits per heavy atom. The van der Waals surface area contributed by atoms with Crippen LogP contribution in [0.5, 0.6) is 5.75 Å². The zero-order valence-electron chi connectivity index (χ0n) is 8.25. The molecule has 16 heavy (non-hydrogen) atoms. The molecular weight excluding hydrogens is 223 g/mol. The zero-order chi connectivity index (χ0) is 12.2. The van der Waals surface area contributed by atoms with Crippen molar-refractivity contribution < 1.29 is 22.7 Å². The Hall–Kier alpha value is -1.72. The Kier molecular flexibility index (Phi) is 3.76. The van der Waals surface area contributed by atoms with E-state index in [4.69, 9.17) is 10.5 Å². The second kappa shape index (κ2) is 4.87. The number of carbonyl (C=O) groups excluding carboxylic acids is 1. The van der Waals surface area contributed by atoms with Crippen molar-refractivity contribution in [3.8, 4) is 5.75 Å². The molecule has 0 spiro atoms.